The van der Waals surface area contributed by atoms with Gasteiger partial charge < -0.3 is 20.1 Å². The first-order valence-electron chi connectivity index (χ1n) is 10.0. The van der Waals surface area contributed by atoms with E-state index < -0.39 is 48.6 Å². The Bertz CT molecular complexity index is 501. The highest BCUT2D eigenvalue weighted by atomic mass is 19.1. The summed E-state index contributed by atoms with van der Waals surface area (Å²) in [4.78, 5) is 10.5. The Balaban J connectivity index is 1.86. The van der Waals surface area contributed by atoms with Crippen LogP contribution in [0.4, 0.5) is 8.78 Å². The number of hydrogen-bond acceptors (Lipinski definition) is 4. The maximum absolute atomic E-state index is 14.9. The maximum atomic E-state index is 14.9. The Morgan fingerprint density at radius 3 is 2.78 bits per heavy atom. The molecule has 156 valence electrons. The first-order valence-corrected chi connectivity index (χ1v) is 10.0. The minimum absolute atomic E-state index is 0.0192. The van der Waals surface area contributed by atoms with Gasteiger partial charge in [0.05, 0.1) is 18.3 Å². The molecule has 0 radical (unpaired) electrons. The van der Waals surface area contributed by atoms with Crippen molar-refractivity contribution in [3.8, 4) is 0 Å². The van der Waals surface area contributed by atoms with E-state index in [1.807, 2.05) is 6.92 Å². The fourth-order valence-corrected chi connectivity index (χ4v) is 4.29. The second-order valence-corrected chi connectivity index (χ2v) is 7.79. The third-order valence-corrected chi connectivity index (χ3v) is 5.80. The van der Waals surface area contributed by atoms with Gasteiger partial charge in [-0.25, -0.2) is 8.78 Å². The fourth-order valence-electron chi connectivity index (χ4n) is 4.29. The predicted octanol–water partition coefficient (Wildman–Crippen LogP) is 3.18. The number of aliphatic hydroxyl groups is 2. The molecule has 7 heteroatoms. The van der Waals surface area contributed by atoms with Crippen LogP contribution in [0.1, 0.15) is 58.3 Å². The fraction of sp³-hybridized carbons (Fsp3) is 0.850. The number of allylic oxidation sites excluding steroid dienone is 1. The number of hydrogen-bond donors (Lipinski definition) is 3. The predicted molar refractivity (Wildman–Crippen MR) is 96.8 cm³/mol. The summed E-state index contributed by atoms with van der Waals surface area (Å²) in [5.74, 6) is -1.75. The Labute approximate surface area is 159 Å². The molecule has 5 unspecified atom stereocenters. The molecular weight excluding hydrogens is 358 g/mol. The Hall–Kier alpha value is -1.05. The highest BCUT2D eigenvalue weighted by Gasteiger charge is 2.54. The smallest absolute Gasteiger partial charge is 0.303 e. The van der Waals surface area contributed by atoms with Crippen molar-refractivity contribution in [1.82, 2.24) is 0 Å². The molecule has 1 aliphatic carbocycles. The van der Waals surface area contributed by atoms with Gasteiger partial charge in [-0.3, -0.25) is 4.79 Å². The van der Waals surface area contributed by atoms with Crippen LogP contribution in [-0.2, 0) is 9.53 Å². The molecule has 1 aliphatic heterocycles. The van der Waals surface area contributed by atoms with Gasteiger partial charge in [0.25, 0.3) is 0 Å². The lowest BCUT2D eigenvalue weighted by Crippen LogP contribution is -2.31. The van der Waals surface area contributed by atoms with E-state index in [-0.39, 0.29) is 18.8 Å². The molecule has 27 heavy (non-hydrogen) atoms. The number of carboxylic acids is 1. The van der Waals surface area contributed by atoms with Crippen LogP contribution in [0.2, 0.25) is 0 Å². The zero-order valence-corrected chi connectivity index (χ0v) is 15.8. The number of carbonyl (C=O) groups is 1. The highest BCUT2D eigenvalue weighted by Crippen LogP contribution is 2.47. The molecular formula is C20H32F2O5. The molecule has 3 N–H and O–H groups in total. The summed E-state index contributed by atoms with van der Waals surface area (Å²) >= 11 is 0. The SMILES string of the molecule is CCCCC(F)C(O)CC[C@H]1C(O)CC2OC(C=CCCC(=O)O)[C@@H](F)[C@@H]21. The van der Waals surface area contributed by atoms with E-state index in [0.717, 1.165) is 6.42 Å². The average Bonchev–Trinajstić information content (AvgIpc) is 3.09. The second kappa shape index (κ2) is 10.5. The molecule has 0 aromatic heterocycles. The first kappa shape index (κ1) is 22.2. The van der Waals surface area contributed by atoms with Crippen molar-refractivity contribution in [1.29, 1.82) is 0 Å². The van der Waals surface area contributed by atoms with Crippen LogP contribution in [0, 0.1) is 11.8 Å². The molecule has 8 atom stereocenters. The van der Waals surface area contributed by atoms with E-state index in [1.54, 1.807) is 12.2 Å². The molecule has 5 nitrogen and oxygen atoms in total. The van der Waals surface area contributed by atoms with E-state index in [1.165, 1.54) is 0 Å². The van der Waals surface area contributed by atoms with Gasteiger partial charge in [0.1, 0.15) is 18.4 Å². The average molecular weight is 390 g/mol. The number of rotatable bonds is 11. The van der Waals surface area contributed by atoms with Crippen LogP contribution in [0.15, 0.2) is 12.2 Å². The topological polar surface area (TPSA) is 87.0 Å². The van der Waals surface area contributed by atoms with Crippen molar-refractivity contribution in [3.63, 3.8) is 0 Å². The minimum Gasteiger partial charge on any atom is -0.481 e. The van der Waals surface area contributed by atoms with E-state index in [9.17, 15) is 23.8 Å². The van der Waals surface area contributed by atoms with Crippen molar-refractivity contribution < 1.29 is 33.6 Å². The van der Waals surface area contributed by atoms with Crippen molar-refractivity contribution in [3.05, 3.63) is 12.2 Å². The van der Waals surface area contributed by atoms with E-state index in [4.69, 9.17) is 9.84 Å². The summed E-state index contributed by atoms with van der Waals surface area (Å²) in [7, 11) is 0. The lowest BCUT2D eigenvalue weighted by Gasteiger charge is -2.25. The highest BCUT2D eigenvalue weighted by molar-refractivity contribution is 5.66. The largest absolute Gasteiger partial charge is 0.481 e. The zero-order chi connectivity index (χ0) is 20.0. The van der Waals surface area contributed by atoms with Gasteiger partial charge >= 0.3 is 5.97 Å². The van der Waals surface area contributed by atoms with Crippen LogP contribution in [-0.4, -0.2) is 58.0 Å². The molecule has 2 rings (SSSR count). The lowest BCUT2D eigenvalue weighted by atomic mass is 9.84. The summed E-state index contributed by atoms with van der Waals surface area (Å²) in [6.45, 7) is 1.96. The number of unbranched alkanes of at least 4 members (excludes halogenated alkanes) is 1. The molecule has 1 saturated heterocycles. The van der Waals surface area contributed by atoms with Gasteiger partial charge in [0.2, 0.25) is 0 Å². The van der Waals surface area contributed by atoms with Crippen molar-refractivity contribution in [2.24, 2.45) is 11.8 Å². The number of alkyl halides is 2. The van der Waals surface area contributed by atoms with Crippen LogP contribution in [0.5, 0.6) is 0 Å². The monoisotopic (exact) mass is 390 g/mol. The lowest BCUT2D eigenvalue weighted by molar-refractivity contribution is -0.136. The summed E-state index contributed by atoms with van der Waals surface area (Å²) in [5.41, 5.74) is 0. The molecule has 0 bridgehead atoms. The molecule has 0 amide bonds. The van der Waals surface area contributed by atoms with Gasteiger partial charge in [-0.15, -0.1) is 0 Å². The molecule has 1 saturated carbocycles. The normalized spacial score (nSPS) is 35.4. The number of aliphatic hydroxyl groups excluding tert-OH is 2. The van der Waals surface area contributed by atoms with E-state index in [2.05, 4.69) is 0 Å². The van der Waals surface area contributed by atoms with Crippen LogP contribution < -0.4 is 0 Å². The van der Waals surface area contributed by atoms with Gasteiger partial charge in [0.15, 0.2) is 0 Å². The number of halogens is 2. The third-order valence-electron chi connectivity index (χ3n) is 5.80. The molecule has 2 aliphatic rings. The maximum Gasteiger partial charge on any atom is 0.303 e. The number of carboxylic acid groups (broad SMARTS) is 1. The van der Waals surface area contributed by atoms with E-state index in [0.29, 0.717) is 32.1 Å². The number of aliphatic carboxylic acids is 1. The molecule has 2 fully saturated rings. The number of ether oxygens (including phenoxy) is 1. The number of fused-ring (bicyclic) bond motifs is 1. The Morgan fingerprint density at radius 1 is 1.37 bits per heavy atom. The van der Waals surface area contributed by atoms with E-state index >= 15 is 0 Å². The summed E-state index contributed by atoms with van der Waals surface area (Å²) < 4.78 is 34.5. The van der Waals surface area contributed by atoms with Gasteiger partial charge in [-0.2, -0.15) is 0 Å². The Morgan fingerprint density at radius 2 is 2.11 bits per heavy atom. The standard InChI is InChI=1S/C20H32F2O5/c1-2-3-6-13(21)14(23)10-9-12-15(24)11-17-19(12)20(22)16(27-17)7-4-5-8-18(25)26/h4,7,12-17,19-20,23-24H,2-3,5-6,8-11H2,1H3,(H,25,26)/t12-,13?,14?,15?,16?,17?,19+,20+/m0/s1. The van der Waals surface area contributed by atoms with Crippen molar-refractivity contribution in [2.75, 3.05) is 0 Å². The van der Waals surface area contributed by atoms with Crippen molar-refractivity contribution in [2.45, 2.75) is 95.0 Å². The minimum atomic E-state index is -1.29. The third kappa shape index (κ3) is 5.96. The van der Waals surface area contributed by atoms with Gasteiger partial charge in [-0.05, 0) is 31.6 Å². The van der Waals surface area contributed by atoms with Crippen LogP contribution in [0.3, 0.4) is 0 Å². The second-order valence-electron chi connectivity index (χ2n) is 7.79. The molecule has 0 spiro atoms. The molecule has 1 heterocycles. The van der Waals surface area contributed by atoms with Crippen LogP contribution >= 0.6 is 0 Å². The summed E-state index contributed by atoms with van der Waals surface area (Å²) in [6, 6.07) is 0. The summed E-state index contributed by atoms with van der Waals surface area (Å²) in [5, 5.41) is 28.9. The first-order chi connectivity index (χ1) is 12.8. The molecule has 0 aromatic carbocycles. The molecule has 0 aromatic rings. The quantitative estimate of drug-likeness (QED) is 0.472. The van der Waals surface area contributed by atoms with Crippen molar-refractivity contribution >= 4 is 5.97 Å². The van der Waals surface area contributed by atoms with Crippen LogP contribution in [0.25, 0.3) is 0 Å². The zero-order valence-electron chi connectivity index (χ0n) is 15.8. The Kier molecular flexibility index (Phi) is 8.63. The summed E-state index contributed by atoms with van der Waals surface area (Å²) in [6.07, 6.45) is 0.723. The van der Waals surface area contributed by atoms with Gasteiger partial charge in [-0.1, -0.05) is 31.9 Å². The van der Waals surface area contributed by atoms with Gasteiger partial charge in [0, 0.05) is 18.8 Å².